The Morgan fingerprint density at radius 3 is 2.48 bits per heavy atom. The van der Waals surface area contributed by atoms with Gasteiger partial charge in [-0.3, -0.25) is 9.82 Å². The summed E-state index contributed by atoms with van der Waals surface area (Å²) in [6.07, 6.45) is -0.808. The van der Waals surface area contributed by atoms with E-state index in [2.05, 4.69) is 20.2 Å². The highest BCUT2D eigenvalue weighted by molar-refractivity contribution is 7.92. The predicted octanol–water partition coefficient (Wildman–Crippen LogP) is 1.61. The second kappa shape index (κ2) is 5.58. The van der Waals surface area contributed by atoms with Gasteiger partial charge in [-0.05, 0) is 31.5 Å². The van der Waals surface area contributed by atoms with Crippen LogP contribution in [0.1, 0.15) is 23.1 Å². The molecule has 1 atom stereocenters. The first-order chi connectivity index (χ1) is 10.9. The molecule has 9 heteroatoms. The number of carbonyl (C=O) groups excluding carboxylic acids is 1. The number of amides is 1. The van der Waals surface area contributed by atoms with E-state index in [0.29, 0.717) is 23.6 Å². The van der Waals surface area contributed by atoms with Gasteiger partial charge in [0.2, 0.25) is 0 Å². The summed E-state index contributed by atoms with van der Waals surface area (Å²) < 4.78 is 32.5. The molecule has 0 bridgehead atoms. The fraction of sp³-hybridized carbons (Fsp3) is 0.286. The highest BCUT2D eigenvalue weighted by Gasteiger charge is 2.25. The Bertz CT molecular complexity index is 823. The molecule has 1 saturated heterocycles. The van der Waals surface area contributed by atoms with Gasteiger partial charge in [-0.15, -0.1) is 0 Å². The summed E-state index contributed by atoms with van der Waals surface area (Å²) >= 11 is 0. The van der Waals surface area contributed by atoms with Gasteiger partial charge >= 0.3 is 6.09 Å². The molecule has 23 heavy (non-hydrogen) atoms. The number of carbonyl (C=O) groups is 1. The molecule has 0 saturated carbocycles. The maximum absolute atomic E-state index is 12.4. The van der Waals surface area contributed by atoms with Crippen LogP contribution in [0.25, 0.3) is 0 Å². The topological polar surface area (TPSA) is 113 Å². The molecule has 1 unspecified atom stereocenters. The second-order valence-electron chi connectivity index (χ2n) is 5.27. The van der Waals surface area contributed by atoms with Gasteiger partial charge in [0.05, 0.1) is 17.9 Å². The van der Waals surface area contributed by atoms with E-state index in [0.717, 1.165) is 5.56 Å². The Morgan fingerprint density at radius 1 is 1.26 bits per heavy atom. The van der Waals surface area contributed by atoms with Crippen LogP contribution in [-0.2, 0) is 14.8 Å². The number of hydrogen-bond acceptors (Lipinski definition) is 5. The number of nitrogens with one attached hydrogen (secondary N) is 3. The number of ether oxygens (including phenoxy) is 1. The lowest BCUT2D eigenvalue weighted by Crippen LogP contribution is -2.14. The first kappa shape index (κ1) is 15.3. The van der Waals surface area contributed by atoms with Crippen molar-refractivity contribution in [2.45, 2.75) is 24.8 Å². The molecule has 1 amide bonds. The van der Waals surface area contributed by atoms with Crippen LogP contribution >= 0.6 is 0 Å². The normalized spacial score (nSPS) is 17.7. The molecule has 2 heterocycles. The number of H-pyrrole nitrogens is 1. The molecule has 122 valence electrons. The zero-order valence-electron chi connectivity index (χ0n) is 12.6. The quantitative estimate of drug-likeness (QED) is 0.785. The number of sulfonamides is 1. The average molecular weight is 336 g/mol. The van der Waals surface area contributed by atoms with E-state index in [9.17, 15) is 13.2 Å². The van der Waals surface area contributed by atoms with E-state index in [1.165, 1.54) is 0 Å². The first-order valence-corrected chi connectivity index (χ1v) is 8.44. The van der Waals surface area contributed by atoms with Crippen molar-refractivity contribution in [2.24, 2.45) is 0 Å². The predicted molar refractivity (Wildman–Crippen MR) is 82.5 cm³/mol. The number of rotatable bonds is 4. The van der Waals surface area contributed by atoms with E-state index in [-0.39, 0.29) is 11.0 Å². The lowest BCUT2D eigenvalue weighted by molar-refractivity contribution is 0.141. The van der Waals surface area contributed by atoms with Gasteiger partial charge in [0.15, 0.2) is 0 Å². The standard InChI is InChI=1S/C14H16N4O4S/c1-8-13(9(2)17-16-8)23(20,21)18-11-5-3-10(4-6-11)12-7-15-14(19)22-12/h3-6,12,18H,7H2,1-2H3,(H,15,19)(H,16,17). The monoisotopic (exact) mass is 336 g/mol. The molecular formula is C14H16N4O4S. The van der Waals surface area contributed by atoms with Crippen molar-refractivity contribution in [3.63, 3.8) is 0 Å². The van der Waals surface area contributed by atoms with Crippen molar-refractivity contribution in [1.29, 1.82) is 0 Å². The lowest BCUT2D eigenvalue weighted by atomic mass is 10.1. The van der Waals surface area contributed by atoms with Gasteiger partial charge in [-0.25, -0.2) is 13.2 Å². The van der Waals surface area contributed by atoms with Crippen LogP contribution in [0.15, 0.2) is 29.2 Å². The fourth-order valence-electron chi connectivity index (χ4n) is 2.48. The number of hydrogen-bond donors (Lipinski definition) is 3. The molecule has 0 spiro atoms. The van der Waals surface area contributed by atoms with Gasteiger partial charge in [-0.1, -0.05) is 12.1 Å². The second-order valence-corrected chi connectivity index (χ2v) is 6.88. The van der Waals surface area contributed by atoms with Crippen molar-refractivity contribution >= 4 is 21.8 Å². The largest absolute Gasteiger partial charge is 0.439 e. The maximum atomic E-state index is 12.4. The number of anilines is 1. The molecule has 3 rings (SSSR count). The smallest absolute Gasteiger partial charge is 0.407 e. The summed E-state index contributed by atoms with van der Waals surface area (Å²) in [4.78, 5) is 11.2. The van der Waals surface area contributed by atoms with Crippen LogP contribution in [0.4, 0.5) is 10.5 Å². The molecule has 8 nitrogen and oxygen atoms in total. The number of benzene rings is 1. The zero-order valence-corrected chi connectivity index (χ0v) is 13.4. The number of alkyl carbamates (subject to hydrolysis) is 1. The van der Waals surface area contributed by atoms with Crippen molar-refractivity contribution in [3.8, 4) is 0 Å². The number of aryl methyl sites for hydroxylation is 2. The number of nitrogens with zero attached hydrogens (tertiary/aromatic N) is 1. The first-order valence-electron chi connectivity index (χ1n) is 6.95. The summed E-state index contributed by atoms with van der Waals surface area (Å²) in [5.41, 5.74) is 2.11. The Labute approximate surface area is 133 Å². The Balaban J connectivity index is 1.79. The average Bonchev–Trinajstić information content (AvgIpc) is 3.06. The SMILES string of the molecule is Cc1n[nH]c(C)c1S(=O)(=O)Nc1ccc(C2CNC(=O)O2)cc1. The zero-order chi connectivity index (χ0) is 16.6. The van der Waals surface area contributed by atoms with Crippen LogP contribution in [0.5, 0.6) is 0 Å². The van der Waals surface area contributed by atoms with Crippen molar-refractivity contribution in [1.82, 2.24) is 15.5 Å². The van der Waals surface area contributed by atoms with Gasteiger partial charge in [0, 0.05) is 5.69 Å². The molecule has 1 fully saturated rings. The van der Waals surface area contributed by atoms with E-state index in [1.807, 2.05) is 0 Å². The molecule has 1 aliphatic heterocycles. The van der Waals surface area contributed by atoms with E-state index < -0.39 is 16.1 Å². The Hall–Kier alpha value is -2.55. The van der Waals surface area contributed by atoms with Gasteiger partial charge < -0.3 is 10.1 Å². The van der Waals surface area contributed by atoms with Crippen LogP contribution < -0.4 is 10.0 Å². The minimum atomic E-state index is -3.71. The number of aromatic amines is 1. The molecule has 3 N–H and O–H groups in total. The third-order valence-corrected chi connectivity index (χ3v) is 5.19. The Morgan fingerprint density at radius 2 is 1.96 bits per heavy atom. The van der Waals surface area contributed by atoms with E-state index in [1.54, 1.807) is 38.1 Å². The third-order valence-electron chi connectivity index (χ3n) is 3.55. The number of aromatic nitrogens is 2. The minimum absolute atomic E-state index is 0.149. The van der Waals surface area contributed by atoms with Crippen LogP contribution in [0, 0.1) is 13.8 Å². The molecule has 0 radical (unpaired) electrons. The highest BCUT2D eigenvalue weighted by atomic mass is 32.2. The van der Waals surface area contributed by atoms with Crippen molar-refractivity contribution in [3.05, 3.63) is 41.2 Å². The highest BCUT2D eigenvalue weighted by Crippen LogP contribution is 2.24. The summed E-state index contributed by atoms with van der Waals surface area (Å²) in [5.74, 6) is 0. The van der Waals surface area contributed by atoms with Crippen LogP contribution in [0.2, 0.25) is 0 Å². The molecule has 1 aromatic carbocycles. The van der Waals surface area contributed by atoms with Crippen molar-refractivity contribution < 1.29 is 17.9 Å². The molecule has 1 aliphatic rings. The molecule has 1 aromatic heterocycles. The maximum Gasteiger partial charge on any atom is 0.407 e. The summed E-state index contributed by atoms with van der Waals surface area (Å²) in [6.45, 7) is 3.68. The fourth-order valence-corrected chi connectivity index (χ4v) is 3.91. The molecular weight excluding hydrogens is 320 g/mol. The summed E-state index contributed by atoms with van der Waals surface area (Å²) in [6, 6.07) is 6.70. The summed E-state index contributed by atoms with van der Waals surface area (Å²) in [7, 11) is -3.71. The van der Waals surface area contributed by atoms with Crippen LogP contribution in [0.3, 0.4) is 0 Å². The van der Waals surface area contributed by atoms with Crippen LogP contribution in [-0.4, -0.2) is 31.3 Å². The lowest BCUT2D eigenvalue weighted by Gasteiger charge is -2.11. The molecule has 2 aromatic rings. The molecule has 0 aliphatic carbocycles. The van der Waals surface area contributed by atoms with Crippen molar-refractivity contribution in [2.75, 3.05) is 11.3 Å². The van der Waals surface area contributed by atoms with E-state index in [4.69, 9.17) is 4.74 Å². The summed E-state index contributed by atoms with van der Waals surface area (Å²) in [5, 5.41) is 9.12. The minimum Gasteiger partial charge on any atom is -0.439 e. The van der Waals surface area contributed by atoms with Gasteiger partial charge in [-0.2, -0.15) is 5.10 Å². The Kier molecular flexibility index (Phi) is 3.72. The van der Waals surface area contributed by atoms with Gasteiger partial charge in [0.25, 0.3) is 10.0 Å². The van der Waals surface area contributed by atoms with E-state index >= 15 is 0 Å². The number of cyclic esters (lactones) is 1. The third kappa shape index (κ3) is 3.00. The van der Waals surface area contributed by atoms with Gasteiger partial charge in [0.1, 0.15) is 11.0 Å².